The number of sulfonamides is 1. The second kappa shape index (κ2) is 9.76. The van der Waals surface area contributed by atoms with E-state index in [2.05, 4.69) is 11.6 Å². The summed E-state index contributed by atoms with van der Waals surface area (Å²) in [4.78, 5) is 0.295. The van der Waals surface area contributed by atoms with E-state index in [9.17, 15) is 8.42 Å². The summed E-state index contributed by atoms with van der Waals surface area (Å²) in [5, 5.41) is 0. The van der Waals surface area contributed by atoms with Crippen molar-refractivity contribution >= 4 is 21.6 Å². The standard InChI is InChI=1S/C18H28ClNO3S/c1-15-5-2-3-7-18(15)23-14-13-20-24(21,22)17-10-8-16(9-11-17)6-4-12-19/h8-11,15,18,20H,2-7,12-14H2,1H3. The minimum absolute atomic E-state index is 0.268. The van der Waals surface area contributed by atoms with E-state index in [4.69, 9.17) is 16.3 Å². The van der Waals surface area contributed by atoms with Crippen LogP contribution in [0.1, 0.15) is 44.6 Å². The van der Waals surface area contributed by atoms with E-state index in [1.807, 2.05) is 12.1 Å². The van der Waals surface area contributed by atoms with Crippen LogP contribution in [0.4, 0.5) is 0 Å². The number of ether oxygens (including phenoxy) is 1. The van der Waals surface area contributed by atoms with Crippen LogP contribution in [-0.2, 0) is 21.2 Å². The van der Waals surface area contributed by atoms with Crippen LogP contribution in [0, 0.1) is 5.92 Å². The molecule has 1 saturated carbocycles. The van der Waals surface area contributed by atoms with Crippen molar-refractivity contribution in [3.8, 4) is 0 Å². The summed E-state index contributed by atoms with van der Waals surface area (Å²) in [5.41, 5.74) is 1.10. The third-order valence-corrected chi connectivity index (χ3v) is 6.34. The van der Waals surface area contributed by atoms with Crippen LogP contribution in [0.5, 0.6) is 0 Å². The third kappa shape index (κ3) is 6.03. The van der Waals surface area contributed by atoms with Crippen molar-refractivity contribution in [3.05, 3.63) is 29.8 Å². The number of aryl methyl sites for hydroxylation is 1. The molecule has 1 aliphatic rings. The molecule has 0 spiro atoms. The maximum Gasteiger partial charge on any atom is 0.240 e. The van der Waals surface area contributed by atoms with Gasteiger partial charge in [-0.15, -0.1) is 11.6 Å². The molecular formula is C18H28ClNO3S. The van der Waals surface area contributed by atoms with Gasteiger partial charge in [0.1, 0.15) is 0 Å². The molecule has 0 radical (unpaired) electrons. The summed E-state index contributed by atoms with van der Waals surface area (Å²) in [6, 6.07) is 6.99. The van der Waals surface area contributed by atoms with Crippen LogP contribution in [-0.4, -0.2) is 33.6 Å². The Hall–Kier alpha value is -0.620. The van der Waals surface area contributed by atoms with Gasteiger partial charge in [0.05, 0.1) is 17.6 Å². The Bertz CT molecular complexity index is 589. The predicted octanol–water partition coefficient (Wildman–Crippen LogP) is 3.73. The molecule has 0 bridgehead atoms. The number of hydrogen-bond donors (Lipinski definition) is 1. The van der Waals surface area contributed by atoms with Crippen molar-refractivity contribution in [3.63, 3.8) is 0 Å². The second-order valence-corrected chi connectivity index (χ2v) is 8.65. The highest BCUT2D eigenvalue weighted by Gasteiger charge is 2.22. The van der Waals surface area contributed by atoms with Crippen LogP contribution in [0.3, 0.4) is 0 Å². The lowest BCUT2D eigenvalue weighted by atomic mass is 9.88. The van der Waals surface area contributed by atoms with Gasteiger partial charge in [-0.1, -0.05) is 31.9 Å². The molecule has 1 fully saturated rings. The van der Waals surface area contributed by atoms with Gasteiger partial charge in [0.25, 0.3) is 0 Å². The summed E-state index contributed by atoms with van der Waals surface area (Å²) < 4.78 is 33.0. The maximum atomic E-state index is 12.3. The average molecular weight is 374 g/mol. The Morgan fingerprint density at radius 3 is 2.58 bits per heavy atom. The quantitative estimate of drug-likeness (QED) is 0.530. The zero-order valence-corrected chi connectivity index (χ0v) is 15.9. The zero-order valence-electron chi connectivity index (χ0n) is 14.3. The average Bonchev–Trinajstić information content (AvgIpc) is 2.58. The van der Waals surface area contributed by atoms with Crippen LogP contribution in [0.15, 0.2) is 29.2 Å². The lowest BCUT2D eigenvalue weighted by molar-refractivity contribution is -0.00176. The van der Waals surface area contributed by atoms with Gasteiger partial charge in [-0.3, -0.25) is 0 Å². The minimum Gasteiger partial charge on any atom is -0.377 e. The van der Waals surface area contributed by atoms with Crippen LogP contribution >= 0.6 is 11.6 Å². The van der Waals surface area contributed by atoms with E-state index in [-0.39, 0.29) is 6.10 Å². The number of halogens is 1. The topological polar surface area (TPSA) is 55.4 Å². The van der Waals surface area contributed by atoms with Crippen molar-refractivity contribution in [2.75, 3.05) is 19.0 Å². The molecule has 0 aromatic heterocycles. The number of benzene rings is 1. The first kappa shape index (κ1) is 19.7. The first-order chi connectivity index (χ1) is 11.5. The van der Waals surface area contributed by atoms with Gasteiger partial charge in [-0.25, -0.2) is 13.1 Å². The molecule has 0 saturated heterocycles. The fraction of sp³-hybridized carbons (Fsp3) is 0.667. The Kier molecular flexibility index (Phi) is 8.01. The fourth-order valence-corrected chi connectivity index (χ4v) is 4.25. The zero-order chi connectivity index (χ0) is 17.4. The first-order valence-electron chi connectivity index (χ1n) is 8.79. The van der Waals surface area contributed by atoms with Crippen molar-refractivity contribution in [2.45, 2.75) is 56.4 Å². The smallest absolute Gasteiger partial charge is 0.240 e. The molecule has 1 aliphatic carbocycles. The van der Waals surface area contributed by atoms with E-state index in [1.165, 1.54) is 19.3 Å². The highest BCUT2D eigenvalue weighted by atomic mass is 35.5. The highest BCUT2D eigenvalue weighted by molar-refractivity contribution is 7.89. The van der Waals surface area contributed by atoms with E-state index < -0.39 is 10.0 Å². The monoisotopic (exact) mass is 373 g/mol. The lowest BCUT2D eigenvalue weighted by Gasteiger charge is -2.28. The van der Waals surface area contributed by atoms with Crippen molar-refractivity contribution in [1.82, 2.24) is 4.72 Å². The van der Waals surface area contributed by atoms with Gasteiger partial charge in [-0.05, 0) is 49.3 Å². The SMILES string of the molecule is CC1CCCCC1OCCNS(=O)(=O)c1ccc(CCCCl)cc1. The van der Waals surface area contributed by atoms with Crippen LogP contribution < -0.4 is 4.72 Å². The molecule has 2 unspecified atom stereocenters. The number of alkyl halides is 1. The molecule has 136 valence electrons. The van der Waals surface area contributed by atoms with Crippen molar-refractivity contribution in [1.29, 1.82) is 0 Å². The van der Waals surface area contributed by atoms with Gasteiger partial charge in [-0.2, -0.15) is 0 Å². The van der Waals surface area contributed by atoms with Gasteiger partial charge in [0, 0.05) is 12.4 Å². The van der Waals surface area contributed by atoms with Gasteiger partial charge >= 0.3 is 0 Å². The second-order valence-electron chi connectivity index (χ2n) is 6.51. The highest BCUT2D eigenvalue weighted by Crippen LogP contribution is 2.26. The summed E-state index contributed by atoms with van der Waals surface area (Å²) in [7, 11) is -3.47. The van der Waals surface area contributed by atoms with E-state index in [0.29, 0.717) is 29.8 Å². The Balaban J connectivity index is 1.78. The Morgan fingerprint density at radius 1 is 1.21 bits per heavy atom. The largest absolute Gasteiger partial charge is 0.377 e. The molecule has 0 aliphatic heterocycles. The molecule has 6 heteroatoms. The Morgan fingerprint density at radius 2 is 1.92 bits per heavy atom. The van der Waals surface area contributed by atoms with Crippen LogP contribution in [0.25, 0.3) is 0 Å². The summed E-state index contributed by atoms with van der Waals surface area (Å²) in [6.45, 7) is 2.93. The van der Waals surface area contributed by atoms with E-state index >= 15 is 0 Å². The van der Waals surface area contributed by atoms with Crippen molar-refractivity contribution < 1.29 is 13.2 Å². The molecule has 0 heterocycles. The molecule has 1 N–H and O–H groups in total. The molecule has 4 nitrogen and oxygen atoms in total. The number of nitrogens with one attached hydrogen (secondary N) is 1. The molecule has 2 rings (SSSR count). The molecule has 24 heavy (non-hydrogen) atoms. The van der Waals surface area contributed by atoms with Gasteiger partial charge in [0.15, 0.2) is 0 Å². The summed E-state index contributed by atoms with van der Waals surface area (Å²) in [6.07, 6.45) is 6.78. The lowest BCUT2D eigenvalue weighted by Crippen LogP contribution is -2.31. The molecule has 1 aromatic carbocycles. The third-order valence-electron chi connectivity index (χ3n) is 4.59. The van der Waals surface area contributed by atoms with Gasteiger partial charge < -0.3 is 4.74 Å². The fourth-order valence-electron chi connectivity index (χ4n) is 3.11. The molecule has 2 atom stereocenters. The normalized spacial score (nSPS) is 21.8. The number of hydrogen-bond acceptors (Lipinski definition) is 3. The maximum absolute atomic E-state index is 12.3. The summed E-state index contributed by atoms with van der Waals surface area (Å²) in [5.74, 6) is 1.18. The molecule has 1 aromatic rings. The van der Waals surface area contributed by atoms with E-state index in [1.54, 1.807) is 12.1 Å². The van der Waals surface area contributed by atoms with Crippen LogP contribution in [0.2, 0.25) is 0 Å². The predicted molar refractivity (Wildman–Crippen MR) is 98.0 cm³/mol. The Labute approximate surface area is 151 Å². The molecular weight excluding hydrogens is 346 g/mol. The minimum atomic E-state index is -3.47. The van der Waals surface area contributed by atoms with Gasteiger partial charge in [0.2, 0.25) is 10.0 Å². The number of rotatable bonds is 9. The van der Waals surface area contributed by atoms with Crippen molar-refractivity contribution in [2.24, 2.45) is 5.92 Å². The molecule has 0 amide bonds. The first-order valence-corrected chi connectivity index (χ1v) is 10.8. The summed E-state index contributed by atoms with van der Waals surface area (Å²) >= 11 is 5.67. The van der Waals surface area contributed by atoms with E-state index in [0.717, 1.165) is 24.8 Å².